The van der Waals surface area contributed by atoms with Crippen LogP contribution in [0.5, 0.6) is 0 Å². The van der Waals surface area contributed by atoms with Gasteiger partial charge in [-0.05, 0) is 24.1 Å². The summed E-state index contributed by atoms with van der Waals surface area (Å²) in [4.78, 5) is 0. The summed E-state index contributed by atoms with van der Waals surface area (Å²) in [7, 11) is 0. The summed E-state index contributed by atoms with van der Waals surface area (Å²) in [6.45, 7) is 5.05. The van der Waals surface area contributed by atoms with Gasteiger partial charge in [0.15, 0.2) is 0 Å². The number of hydrogen-bond donors (Lipinski definition) is 0. The fourth-order valence-corrected chi connectivity index (χ4v) is 1.32. The number of rotatable bonds is 4. The van der Waals surface area contributed by atoms with Gasteiger partial charge in [0.2, 0.25) is 0 Å². The fourth-order valence-electron chi connectivity index (χ4n) is 1.32. The molecule has 0 heterocycles. The van der Waals surface area contributed by atoms with E-state index in [4.69, 9.17) is 6.58 Å². The van der Waals surface area contributed by atoms with E-state index in [2.05, 4.69) is 0 Å². The van der Waals surface area contributed by atoms with Crippen LogP contribution in [0, 0.1) is 6.58 Å². The molecule has 0 spiro atoms. The highest BCUT2D eigenvalue weighted by molar-refractivity contribution is 5.25. The SMILES string of the molecule is [CH]=CCC(F)Cc1ccc(C(F)(F)F)cc1. The molecule has 0 bridgehead atoms. The zero-order valence-electron chi connectivity index (χ0n) is 8.47. The first-order valence-corrected chi connectivity index (χ1v) is 4.77. The van der Waals surface area contributed by atoms with E-state index in [0.29, 0.717) is 5.56 Å². The third kappa shape index (κ3) is 3.68. The van der Waals surface area contributed by atoms with E-state index in [-0.39, 0.29) is 12.8 Å². The van der Waals surface area contributed by atoms with Crippen molar-refractivity contribution in [3.8, 4) is 0 Å². The molecule has 0 aliphatic carbocycles. The molecular weight excluding hydrogens is 220 g/mol. The Morgan fingerprint density at radius 3 is 2.19 bits per heavy atom. The zero-order chi connectivity index (χ0) is 12.2. The number of hydrogen-bond acceptors (Lipinski definition) is 0. The summed E-state index contributed by atoms with van der Waals surface area (Å²) in [5.74, 6) is 0. The van der Waals surface area contributed by atoms with Gasteiger partial charge in [-0.3, -0.25) is 0 Å². The van der Waals surface area contributed by atoms with E-state index in [9.17, 15) is 17.6 Å². The van der Waals surface area contributed by atoms with Crippen LogP contribution in [0.15, 0.2) is 30.3 Å². The lowest BCUT2D eigenvalue weighted by Gasteiger charge is -2.08. The molecule has 0 saturated heterocycles. The fraction of sp³-hybridized carbons (Fsp3) is 0.333. The highest BCUT2D eigenvalue weighted by Crippen LogP contribution is 2.29. The van der Waals surface area contributed by atoms with Gasteiger partial charge < -0.3 is 0 Å². The third-order valence-corrected chi connectivity index (χ3v) is 2.13. The van der Waals surface area contributed by atoms with Crippen molar-refractivity contribution in [3.05, 3.63) is 48.0 Å². The van der Waals surface area contributed by atoms with Crippen molar-refractivity contribution in [3.63, 3.8) is 0 Å². The number of halogens is 4. The van der Waals surface area contributed by atoms with Gasteiger partial charge in [-0.2, -0.15) is 13.2 Å². The monoisotopic (exact) mass is 231 g/mol. The Bertz CT molecular complexity index is 337. The standard InChI is InChI=1S/C12H11F4/c1-2-3-11(13)8-9-4-6-10(7-5-9)12(14,15)16/h1-2,4-7,11H,3,8H2. The van der Waals surface area contributed by atoms with E-state index < -0.39 is 17.9 Å². The summed E-state index contributed by atoms with van der Waals surface area (Å²) in [6.07, 6.45) is -4.12. The van der Waals surface area contributed by atoms with Gasteiger partial charge in [0.1, 0.15) is 6.17 Å². The minimum absolute atomic E-state index is 0.0752. The largest absolute Gasteiger partial charge is 0.416 e. The Kier molecular flexibility index (Phi) is 4.10. The molecule has 1 radical (unpaired) electrons. The minimum Gasteiger partial charge on any atom is -0.247 e. The third-order valence-electron chi connectivity index (χ3n) is 2.13. The molecule has 0 amide bonds. The zero-order valence-corrected chi connectivity index (χ0v) is 8.47. The Labute approximate surface area is 91.6 Å². The molecule has 0 saturated carbocycles. The molecular formula is C12H11F4. The molecule has 0 aliphatic heterocycles. The molecule has 87 valence electrons. The maximum atomic E-state index is 13.1. The Balaban J connectivity index is 2.68. The maximum Gasteiger partial charge on any atom is 0.416 e. The second-order valence-corrected chi connectivity index (χ2v) is 3.47. The molecule has 0 aromatic heterocycles. The molecule has 0 nitrogen and oxygen atoms in total. The van der Waals surface area contributed by atoms with Gasteiger partial charge in [-0.1, -0.05) is 24.8 Å². The molecule has 1 rings (SSSR count). The molecule has 0 N–H and O–H groups in total. The van der Waals surface area contributed by atoms with Crippen molar-refractivity contribution in [2.45, 2.75) is 25.2 Å². The van der Waals surface area contributed by atoms with E-state index in [1.165, 1.54) is 18.2 Å². The summed E-state index contributed by atoms with van der Waals surface area (Å²) >= 11 is 0. The van der Waals surface area contributed by atoms with Gasteiger partial charge in [-0.15, -0.1) is 0 Å². The number of benzene rings is 1. The summed E-state index contributed by atoms with van der Waals surface area (Å²) in [6, 6.07) is 4.47. The van der Waals surface area contributed by atoms with Crippen molar-refractivity contribution < 1.29 is 17.6 Å². The van der Waals surface area contributed by atoms with Crippen LogP contribution in [0.3, 0.4) is 0 Å². The van der Waals surface area contributed by atoms with E-state index >= 15 is 0 Å². The lowest BCUT2D eigenvalue weighted by atomic mass is 10.0. The van der Waals surface area contributed by atoms with Gasteiger partial charge in [0.05, 0.1) is 5.56 Å². The van der Waals surface area contributed by atoms with Crippen LogP contribution in [0.25, 0.3) is 0 Å². The van der Waals surface area contributed by atoms with Gasteiger partial charge in [0.25, 0.3) is 0 Å². The van der Waals surface area contributed by atoms with Crippen LogP contribution < -0.4 is 0 Å². The van der Waals surface area contributed by atoms with Crippen molar-refractivity contribution in [2.75, 3.05) is 0 Å². The molecule has 1 aromatic carbocycles. The first-order chi connectivity index (χ1) is 7.43. The molecule has 0 fully saturated rings. The summed E-state index contributed by atoms with van der Waals surface area (Å²) < 4.78 is 49.7. The predicted molar refractivity (Wildman–Crippen MR) is 53.5 cm³/mol. The van der Waals surface area contributed by atoms with Crippen LogP contribution in [0.2, 0.25) is 0 Å². The van der Waals surface area contributed by atoms with Gasteiger partial charge in [0, 0.05) is 6.42 Å². The normalized spacial score (nSPS) is 13.5. The quantitative estimate of drug-likeness (QED) is 0.688. The summed E-state index contributed by atoms with van der Waals surface area (Å²) in [5, 5.41) is 0. The predicted octanol–water partition coefficient (Wildman–Crippen LogP) is 3.97. The average Bonchev–Trinajstić information content (AvgIpc) is 2.17. The highest BCUT2D eigenvalue weighted by Gasteiger charge is 2.29. The lowest BCUT2D eigenvalue weighted by molar-refractivity contribution is -0.137. The van der Waals surface area contributed by atoms with Crippen LogP contribution >= 0.6 is 0 Å². The highest BCUT2D eigenvalue weighted by atomic mass is 19.4. The lowest BCUT2D eigenvalue weighted by Crippen LogP contribution is -2.06. The van der Waals surface area contributed by atoms with Crippen molar-refractivity contribution in [2.24, 2.45) is 0 Å². The molecule has 4 heteroatoms. The van der Waals surface area contributed by atoms with E-state index in [0.717, 1.165) is 12.1 Å². The molecule has 1 aromatic rings. The first-order valence-electron chi connectivity index (χ1n) is 4.77. The molecule has 16 heavy (non-hydrogen) atoms. The van der Waals surface area contributed by atoms with Crippen LogP contribution in [-0.2, 0) is 12.6 Å². The minimum atomic E-state index is -4.35. The van der Waals surface area contributed by atoms with E-state index in [1.54, 1.807) is 0 Å². The summed E-state index contributed by atoms with van der Waals surface area (Å²) in [5.41, 5.74) is -0.195. The first kappa shape index (κ1) is 12.7. The molecule has 1 unspecified atom stereocenters. The van der Waals surface area contributed by atoms with Gasteiger partial charge >= 0.3 is 6.18 Å². The topological polar surface area (TPSA) is 0 Å². The van der Waals surface area contributed by atoms with E-state index in [1.807, 2.05) is 0 Å². The van der Waals surface area contributed by atoms with Crippen LogP contribution in [0.4, 0.5) is 17.6 Å². The number of allylic oxidation sites excluding steroid dienone is 1. The smallest absolute Gasteiger partial charge is 0.247 e. The Morgan fingerprint density at radius 2 is 1.75 bits per heavy atom. The maximum absolute atomic E-state index is 13.1. The Hall–Kier alpha value is -1.32. The van der Waals surface area contributed by atoms with Gasteiger partial charge in [-0.25, -0.2) is 4.39 Å². The van der Waals surface area contributed by atoms with Crippen LogP contribution in [0.1, 0.15) is 17.5 Å². The number of alkyl halides is 4. The molecule has 1 atom stereocenters. The van der Waals surface area contributed by atoms with Crippen molar-refractivity contribution in [1.82, 2.24) is 0 Å². The second kappa shape index (κ2) is 5.14. The molecule has 0 aliphatic rings. The average molecular weight is 231 g/mol. The van der Waals surface area contributed by atoms with Crippen molar-refractivity contribution >= 4 is 0 Å². The van der Waals surface area contributed by atoms with Crippen LogP contribution in [-0.4, -0.2) is 6.17 Å². The van der Waals surface area contributed by atoms with Crippen molar-refractivity contribution in [1.29, 1.82) is 0 Å². The Morgan fingerprint density at radius 1 is 1.19 bits per heavy atom. The second-order valence-electron chi connectivity index (χ2n) is 3.47.